The highest BCUT2D eigenvalue weighted by atomic mass is 15.1. The molecule has 0 saturated carbocycles. The summed E-state index contributed by atoms with van der Waals surface area (Å²) < 4.78 is 50.2. The number of benzene rings is 6. The standard InChI is InChI=1S/C44H39N/c1-28-16-22-36-38(24-28)44(5,6)40-25-29(2)26-41(42(36)40)45(32-19-17-31(18-20-32)30-12-8-7-9-13-30)33-21-23-35-34-14-10-11-15-37(34)43(3,4)39(35)27-33/h7-27H,1-6H3/i1D3,2D3. The fourth-order valence-corrected chi connectivity index (χ4v) is 7.70. The molecule has 0 bridgehead atoms. The SMILES string of the molecule is [2H]C([2H])([2H])c1ccc2c(c1)C(C)(C)c1cc(C([2H])([2H])[2H])cc(N(c3ccc(-c4ccccc4)cc3)c3ccc4c(c3)C(C)(C)c3ccccc3-4)c1-2. The number of nitrogens with zero attached hydrogens (tertiary/aromatic N) is 1. The van der Waals surface area contributed by atoms with E-state index in [0.717, 1.165) is 50.4 Å². The maximum absolute atomic E-state index is 8.58. The van der Waals surface area contributed by atoms with Crippen LogP contribution in [0.5, 0.6) is 0 Å². The van der Waals surface area contributed by atoms with Gasteiger partial charge in [0.2, 0.25) is 0 Å². The second kappa shape index (κ2) is 9.81. The molecule has 6 aromatic carbocycles. The first-order valence-electron chi connectivity index (χ1n) is 18.6. The maximum Gasteiger partial charge on any atom is 0.0545 e. The van der Waals surface area contributed by atoms with Gasteiger partial charge in [0.05, 0.1) is 5.69 Å². The minimum absolute atomic E-state index is 0.243. The van der Waals surface area contributed by atoms with Crippen LogP contribution in [-0.4, -0.2) is 0 Å². The highest BCUT2D eigenvalue weighted by Crippen LogP contribution is 2.56. The highest BCUT2D eigenvalue weighted by molar-refractivity contribution is 5.96. The quantitative estimate of drug-likeness (QED) is 0.198. The second-order valence-electron chi connectivity index (χ2n) is 13.5. The van der Waals surface area contributed by atoms with E-state index >= 15 is 0 Å². The molecule has 0 amide bonds. The van der Waals surface area contributed by atoms with Crippen LogP contribution < -0.4 is 4.90 Å². The molecule has 45 heavy (non-hydrogen) atoms. The molecule has 0 radical (unpaired) electrons. The first-order chi connectivity index (χ1) is 24.1. The zero-order valence-electron chi connectivity index (χ0n) is 32.1. The van der Waals surface area contributed by atoms with Crippen molar-refractivity contribution in [3.05, 3.63) is 161 Å². The van der Waals surface area contributed by atoms with Crippen molar-refractivity contribution in [3.63, 3.8) is 0 Å². The third-order valence-electron chi connectivity index (χ3n) is 10.1. The number of aryl methyl sites for hydroxylation is 2. The molecule has 2 aliphatic carbocycles. The largest absolute Gasteiger partial charge is 0.310 e. The number of hydrogen-bond acceptors (Lipinski definition) is 1. The molecule has 0 aromatic heterocycles. The van der Waals surface area contributed by atoms with E-state index in [1.165, 1.54) is 22.3 Å². The van der Waals surface area contributed by atoms with E-state index in [9.17, 15) is 0 Å². The van der Waals surface area contributed by atoms with E-state index in [0.29, 0.717) is 0 Å². The van der Waals surface area contributed by atoms with E-state index in [4.69, 9.17) is 8.22 Å². The van der Waals surface area contributed by atoms with E-state index in [-0.39, 0.29) is 16.5 Å². The van der Waals surface area contributed by atoms with Gasteiger partial charge in [-0.15, -0.1) is 0 Å². The lowest BCUT2D eigenvalue weighted by molar-refractivity contribution is 0.659. The molecule has 0 heterocycles. The fourth-order valence-electron chi connectivity index (χ4n) is 7.70. The maximum atomic E-state index is 8.58. The number of fused-ring (bicyclic) bond motifs is 6. The molecule has 220 valence electrons. The summed E-state index contributed by atoms with van der Waals surface area (Å²) in [5, 5.41) is 0. The van der Waals surface area contributed by atoms with Gasteiger partial charge in [-0.2, -0.15) is 0 Å². The Morgan fingerprint density at radius 1 is 0.467 bits per heavy atom. The Kier molecular flexibility index (Phi) is 4.74. The molecule has 8 rings (SSSR count). The summed E-state index contributed by atoms with van der Waals surface area (Å²) in [6.45, 7) is 3.99. The molecule has 1 nitrogen and oxygen atoms in total. The van der Waals surface area contributed by atoms with Crippen molar-refractivity contribution in [2.24, 2.45) is 0 Å². The molecule has 1 heteroatoms. The van der Waals surface area contributed by atoms with Gasteiger partial charge in [0.1, 0.15) is 0 Å². The summed E-state index contributed by atoms with van der Waals surface area (Å²) in [7, 11) is 0. The normalized spacial score (nSPS) is 17.3. The van der Waals surface area contributed by atoms with Crippen molar-refractivity contribution in [2.45, 2.75) is 52.2 Å². The Morgan fingerprint density at radius 2 is 1.07 bits per heavy atom. The van der Waals surface area contributed by atoms with Crippen molar-refractivity contribution >= 4 is 17.1 Å². The third kappa shape index (κ3) is 4.14. The molecule has 2 aliphatic rings. The van der Waals surface area contributed by atoms with Crippen LogP contribution in [0.2, 0.25) is 0 Å². The summed E-state index contributed by atoms with van der Waals surface area (Å²) in [6.07, 6.45) is 0. The monoisotopic (exact) mass is 587 g/mol. The Morgan fingerprint density at radius 3 is 1.84 bits per heavy atom. The zero-order chi connectivity index (χ0) is 36.1. The predicted octanol–water partition coefficient (Wildman–Crippen LogP) is 12.1. The van der Waals surface area contributed by atoms with Gasteiger partial charge in [0.25, 0.3) is 0 Å². The van der Waals surface area contributed by atoms with Crippen LogP contribution in [-0.2, 0) is 10.8 Å². The van der Waals surface area contributed by atoms with Gasteiger partial charge in [-0.05, 0) is 99.7 Å². The minimum atomic E-state index is -2.37. The van der Waals surface area contributed by atoms with Gasteiger partial charge in [-0.25, -0.2) is 0 Å². The van der Waals surface area contributed by atoms with Crippen LogP contribution in [0.15, 0.2) is 127 Å². The molecular formula is C44H39N. The van der Waals surface area contributed by atoms with Crippen LogP contribution in [0, 0.1) is 13.7 Å². The molecule has 0 spiro atoms. The summed E-state index contributed by atoms with van der Waals surface area (Å²) >= 11 is 0. The van der Waals surface area contributed by atoms with Gasteiger partial charge in [-0.1, -0.05) is 130 Å². The van der Waals surface area contributed by atoms with Crippen molar-refractivity contribution < 1.29 is 8.22 Å². The molecule has 0 aliphatic heterocycles. The fraction of sp³-hybridized carbons (Fsp3) is 0.182. The third-order valence-corrected chi connectivity index (χ3v) is 10.1. The van der Waals surface area contributed by atoms with Crippen molar-refractivity contribution in [1.29, 1.82) is 0 Å². The summed E-state index contributed by atoms with van der Waals surface area (Å²) in [4.78, 5) is 2.19. The smallest absolute Gasteiger partial charge is 0.0545 e. The highest BCUT2D eigenvalue weighted by Gasteiger charge is 2.39. The predicted molar refractivity (Wildman–Crippen MR) is 191 cm³/mol. The Hall–Kier alpha value is -4.88. The van der Waals surface area contributed by atoms with Crippen LogP contribution in [0.3, 0.4) is 0 Å². The number of anilines is 3. The molecule has 0 N–H and O–H groups in total. The average molecular weight is 588 g/mol. The van der Waals surface area contributed by atoms with Gasteiger partial charge in [0, 0.05) is 36.0 Å². The minimum Gasteiger partial charge on any atom is -0.310 e. The summed E-state index contributed by atoms with van der Waals surface area (Å²) in [6, 6.07) is 42.8. The molecule has 0 atom stereocenters. The summed E-state index contributed by atoms with van der Waals surface area (Å²) in [5.74, 6) is 0. The van der Waals surface area contributed by atoms with Crippen LogP contribution in [0.4, 0.5) is 17.1 Å². The van der Waals surface area contributed by atoms with Crippen molar-refractivity contribution in [1.82, 2.24) is 0 Å². The zero-order valence-corrected chi connectivity index (χ0v) is 26.1. The summed E-state index contributed by atoms with van der Waals surface area (Å²) in [5.41, 5.74) is 12.8. The van der Waals surface area contributed by atoms with Gasteiger partial charge in [0.15, 0.2) is 0 Å². The molecule has 0 saturated heterocycles. The van der Waals surface area contributed by atoms with Gasteiger partial charge < -0.3 is 4.90 Å². The van der Waals surface area contributed by atoms with E-state index in [1.807, 2.05) is 30.3 Å². The second-order valence-corrected chi connectivity index (χ2v) is 13.5. The average Bonchev–Trinajstić information content (AvgIpc) is 3.47. The molecular weight excluding hydrogens is 542 g/mol. The van der Waals surface area contributed by atoms with E-state index in [1.54, 1.807) is 18.2 Å². The van der Waals surface area contributed by atoms with E-state index < -0.39 is 19.1 Å². The van der Waals surface area contributed by atoms with Crippen LogP contribution in [0.1, 0.15) is 69.3 Å². The lowest BCUT2D eigenvalue weighted by atomic mass is 9.81. The van der Waals surface area contributed by atoms with Crippen LogP contribution in [0.25, 0.3) is 33.4 Å². The van der Waals surface area contributed by atoms with Crippen LogP contribution >= 0.6 is 0 Å². The lowest BCUT2D eigenvalue weighted by Gasteiger charge is -2.31. The first-order valence-corrected chi connectivity index (χ1v) is 15.6. The number of hydrogen-bond donors (Lipinski definition) is 0. The van der Waals surface area contributed by atoms with Gasteiger partial charge >= 0.3 is 0 Å². The molecule has 0 unspecified atom stereocenters. The van der Waals surface area contributed by atoms with Crippen molar-refractivity contribution in [3.8, 4) is 33.4 Å². The molecule has 6 aromatic rings. The van der Waals surface area contributed by atoms with E-state index in [2.05, 4.69) is 111 Å². The molecule has 0 fully saturated rings. The Bertz CT molecular complexity index is 2330. The van der Waals surface area contributed by atoms with Gasteiger partial charge in [-0.3, -0.25) is 0 Å². The van der Waals surface area contributed by atoms with Crippen molar-refractivity contribution in [2.75, 3.05) is 4.90 Å². The lowest BCUT2D eigenvalue weighted by Crippen LogP contribution is -2.18. The Balaban J connectivity index is 1.41. The topological polar surface area (TPSA) is 3.24 Å². The number of rotatable bonds is 4. The Labute approximate surface area is 276 Å². The first kappa shape index (κ1) is 21.8.